The summed E-state index contributed by atoms with van der Waals surface area (Å²) in [6.07, 6.45) is 0. The topological polar surface area (TPSA) is 121 Å². The largest absolute Gasteiger partial charge is 0.508 e. The van der Waals surface area contributed by atoms with Gasteiger partial charge in [0.1, 0.15) is 34.5 Å². The lowest BCUT2D eigenvalue weighted by Crippen LogP contribution is -2.36. The molecular weight excluding hydrogens is 709 g/mol. The Balaban J connectivity index is 1.74. The van der Waals surface area contributed by atoms with Crippen LogP contribution in [0.5, 0.6) is 34.5 Å². The van der Waals surface area contributed by atoms with E-state index in [1.54, 1.807) is 72.8 Å². The molecule has 0 aromatic heterocycles. The highest BCUT2D eigenvalue weighted by atomic mass is 16.3. The number of benzene rings is 7. The van der Waals surface area contributed by atoms with E-state index in [2.05, 4.69) is 41.5 Å². The first-order valence-corrected chi connectivity index (χ1v) is 19.0. The lowest BCUT2D eigenvalue weighted by Gasteiger charge is -2.44. The molecule has 6 nitrogen and oxygen atoms in total. The van der Waals surface area contributed by atoms with Crippen LogP contribution in [0.4, 0.5) is 0 Å². The molecular formula is C51H48O6. The van der Waals surface area contributed by atoms with E-state index in [-0.39, 0.29) is 34.5 Å². The normalized spacial score (nSPS) is 12.1. The van der Waals surface area contributed by atoms with Crippen molar-refractivity contribution in [3.8, 4) is 34.5 Å². The van der Waals surface area contributed by atoms with Gasteiger partial charge in [0.05, 0.1) is 0 Å². The fourth-order valence-electron chi connectivity index (χ4n) is 9.60. The van der Waals surface area contributed by atoms with Crippen LogP contribution < -0.4 is 0 Å². The maximum atomic E-state index is 10.5. The van der Waals surface area contributed by atoms with Crippen LogP contribution in [0.3, 0.4) is 0 Å². The van der Waals surface area contributed by atoms with Crippen molar-refractivity contribution in [2.24, 2.45) is 0 Å². The molecule has 7 aromatic rings. The molecule has 6 heteroatoms. The number of phenolic OH excluding ortho intramolecular Hbond substituents is 6. The first-order chi connectivity index (χ1) is 27.1. The molecule has 0 heterocycles. The van der Waals surface area contributed by atoms with Gasteiger partial charge in [0, 0.05) is 16.2 Å². The third-order valence-corrected chi connectivity index (χ3v) is 12.4. The van der Waals surface area contributed by atoms with E-state index in [0.717, 1.165) is 66.8 Å². The molecule has 0 radical (unpaired) electrons. The lowest BCUT2D eigenvalue weighted by molar-refractivity contribution is 0.473. The summed E-state index contributed by atoms with van der Waals surface area (Å²) in [6.45, 7) is 13.0. The first-order valence-electron chi connectivity index (χ1n) is 19.0. The van der Waals surface area contributed by atoms with Gasteiger partial charge in [0.2, 0.25) is 0 Å². The molecule has 57 heavy (non-hydrogen) atoms. The zero-order chi connectivity index (χ0) is 40.9. The summed E-state index contributed by atoms with van der Waals surface area (Å²) in [5.74, 6) is 0.861. The summed E-state index contributed by atoms with van der Waals surface area (Å²) >= 11 is 0. The van der Waals surface area contributed by atoms with Gasteiger partial charge in [0.15, 0.2) is 0 Å². The van der Waals surface area contributed by atoms with Crippen molar-refractivity contribution in [2.75, 3.05) is 0 Å². The highest BCUT2D eigenvalue weighted by molar-refractivity contribution is 5.70. The molecule has 0 unspecified atom stereocenters. The highest BCUT2D eigenvalue weighted by Gasteiger charge is 2.45. The highest BCUT2D eigenvalue weighted by Crippen LogP contribution is 2.54. The van der Waals surface area contributed by atoms with Crippen LogP contribution in [0, 0.1) is 20.8 Å². The van der Waals surface area contributed by atoms with E-state index in [1.807, 2.05) is 72.8 Å². The molecule has 0 aliphatic rings. The van der Waals surface area contributed by atoms with Gasteiger partial charge in [-0.1, -0.05) is 72.8 Å². The van der Waals surface area contributed by atoms with Gasteiger partial charge < -0.3 is 30.6 Å². The van der Waals surface area contributed by atoms with Gasteiger partial charge in [-0.15, -0.1) is 0 Å². The monoisotopic (exact) mass is 756 g/mol. The Kier molecular flexibility index (Phi) is 9.78. The maximum Gasteiger partial charge on any atom is 0.115 e. The van der Waals surface area contributed by atoms with E-state index in [0.29, 0.717) is 0 Å². The standard InChI is InChI=1S/C51H48O6/c1-31-46(49(4,34-7-19-40(52)20-8-34)35-9-21-41(53)22-10-35)32(2)48(51(6,38-15-27-44(56)28-16-38)39-17-29-45(57)30-18-39)33(3)47(31)50(5,36-11-23-42(54)24-12-36)37-13-25-43(55)26-14-37/h7-30,52-57H,1-6H3. The molecule has 7 aromatic carbocycles. The molecule has 0 saturated carbocycles. The van der Waals surface area contributed by atoms with Gasteiger partial charge in [-0.25, -0.2) is 0 Å². The Morgan fingerprint density at radius 1 is 0.246 bits per heavy atom. The Hall–Kier alpha value is -6.66. The predicted octanol–water partition coefficient (Wildman–Crippen LogP) is 10.9. The molecule has 0 aliphatic heterocycles. The average molecular weight is 757 g/mol. The quantitative estimate of drug-likeness (QED) is 0.0816. The van der Waals surface area contributed by atoms with Crippen LogP contribution in [0.2, 0.25) is 0 Å². The third kappa shape index (κ3) is 6.41. The van der Waals surface area contributed by atoms with E-state index < -0.39 is 16.2 Å². The van der Waals surface area contributed by atoms with Crippen molar-refractivity contribution in [1.29, 1.82) is 0 Å². The SMILES string of the molecule is Cc1c(C(C)(c2ccc(O)cc2)c2ccc(O)cc2)c(C)c(C(C)(c2ccc(O)cc2)c2ccc(O)cc2)c(C)c1C(C)(c1ccc(O)cc1)c1ccc(O)cc1. The van der Waals surface area contributed by atoms with Crippen molar-refractivity contribution >= 4 is 0 Å². The number of aromatic hydroxyl groups is 6. The van der Waals surface area contributed by atoms with Crippen LogP contribution >= 0.6 is 0 Å². The average Bonchev–Trinajstić information content (AvgIpc) is 3.19. The molecule has 7 rings (SSSR count). The molecule has 0 aliphatic carbocycles. The predicted molar refractivity (Wildman–Crippen MR) is 226 cm³/mol. The van der Waals surface area contributed by atoms with Crippen LogP contribution in [0.1, 0.15) is 87.5 Å². The number of phenols is 6. The van der Waals surface area contributed by atoms with E-state index in [1.165, 1.54) is 0 Å². The number of hydrogen-bond donors (Lipinski definition) is 6. The minimum Gasteiger partial charge on any atom is -0.508 e. The van der Waals surface area contributed by atoms with Gasteiger partial charge >= 0.3 is 0 Å². The minimum atomic E-state index is -0.859. The zero-order valence-electron chi connectivity index (χ0n) is 33.0. The molecule has 288 valence electrons. The number of hydrogen-bond acceptors (Lipinski definition) is 6. The summed E-state index contributed by atoms with van der Waals surface area (Å²) in [7, 11) is 0. The summed E-state index contributed by atoms with van der Waals surface area (Å²) in [5, 5.41) is 63.2. The Labute approximate surface area is 334 Å². The van der Waals surface area contributed by atoms with Crippen molar-refractivity contribution in [3.63, 3.8) is 0 Å². The second-order valence-corrected chi connectivity index (χ2v) is 15.7. The van der Waals surface area contributed by atoms with Crippen LogP contribution in [-0.4, -0.2) is 30.6 Å². The van der Waals surface area contributed by atoms with Crippen molar-refractivity contribution < 1.29 is 30.6 Å². The molecule has 0 spiro atoms. The molecule has 0 saturated heterocycles. The van der Waals surface area contributed by atoms with Gasteiger partial charge in [0.25, 0.3) is 0 Å². The molecule has 6 N–H and O–H groups in total. The fourth-order valence-corrected chi connectivity index (χ4v) is 9.60. The lowest BCUT2D eigenvalue weighted by atomic mass is 9.58. The minimum absolute atomic E-state index is 0.144. The smallest absolute Gasteiger partial charge is 0.115 e. The van der Waals surface area contributed by atoms with Gasteiger partial charge in [-0.2, -0.15) is 0 Å². The molecule has 0 bridgehead atoms. The van der Waals surface area contributed by atoms with Crippen molar-refractivity contribution in [1.82, 2.24) is 0 Å². The fraction of sp³-hybridized carbons (Fsp3) is 0.176. The zero-order valence-corrected chi connectivity index (χ0v) is 33.0. The summed E-state index contributed by atoms with van der Waals surface area (Å²) in [5.41, 5.74) is 9.04. The summed E-state index contributed by atoms with van der Waals surface area (Å²) in [6, 6.07) is 43.7. The molecule has 0 atom stereocenters. The summed E-state index contributed by atoms with van der Waals surface area (Å²) < 4.78 is 0. The van der Waals surface area contributed by atoms with E-state index >= 15 is 0 Å². The molecule has 0 amide bonds. The Bertz CT molecular complexity index is 2090. The van der Waals surface area contributed by atoms with Crippen LogP contribution in [-0.2, 0) is 16.2 Å². The van der Waals surface area contributed by atoms with Crippen molar-refractivity contribution in [3.05, 3.63) is 212 Å². The second kappa shape index (κ2) is 14.4. The van der Waals surface area contributed by atoms with Crippen molar-refractivity contribution in [2.45, 2.75) is 57.8 Å². The number of rotatable bonds is 9. The van der Waals surface area contributed by atoms with Gasteiger partial charge in [-0.05, 0) is 181 Å². The maximum absolute atomic E-state index is 10.5. The second-order valence-electron chi connectivity index (χ2n) is 15.7. The molecule has 0 fully saturated rings. The Morgan fingerprint density at radius 2 is 0.368 bits per heavy atom. The van der Waals surface area contributed by atoms with E-state index in [4.69, 9.17) is 0 Å². The van der Waals surface area contributed by atoms with Gasteiger partial charge in [-0.3, -0.25) is 0 Å². The third-order valence-electron chi connectivity index (χ3n) is 12.4. The van der Waals surface area contributed by atoms with Crippen LogP contribution in [0.15, 0.2) is 146 Å². The first kappa shape index (κ1) is 38.6. The van der Waals surface area contributed by atoms with E-state index in [9.17, 15) is 30.6 Å². The summed E-state index contributed by atoms with van der Waals surface area (Å²) in [4.78, 5) is 0. The Morgan fingerprint density at radius 3 is 0.491 bits per heavy atom. The van der Waals surface area contributed by atoms with Crippen LogP contribution in [0.25, 0.3) is 0 Å².